The molecule has 1 aromatic rings. The van der Waals surface area contributed by atoms with E-state index >= 15 is 0 Å². The largest absolute Gasteiger partial charge is 0.486 e. The minimum Gasteiger partial charge on any atom is -0.486 e. The molecule has 0 bridgehead atoms. The maximum absolute atomic E-state index is 13.3. The number of rotatable bonds is 7. The Balaban J connectivity index is 2.54. The second kappa shape index (κ2) is 7.17. The highest BCUT2D eigenvalue weighted by Crippen LogP contribution is 2.22. The summed E-state index contributed by atoms with van der Waals surface area (Å²) in [7, 11) is 0. The molecule has 0 N–H and O–H groups in total. The van der Waals surface area contributed by atoms with Crippen molar-refractivity contribution in [2.24, 2.45) is 0 Å². The summed E-state index contributed by atoms with van der Waals surface area (Å²) in [6.07, 6.45) is -0.441. The van der Waals surface area contributed by atoms with E-state index in [9.17, 15) is 24.1 Å². The van der Waals surface area contributed by atoms with E-state index in [1.54, 1.807) is 6.92 Å². The van der Waals surface area contributed by atoms with Crippen LogP contribution in [0.4, 0.5) is 10.1 Å². The summed E-state index contributed by atoms with van der Waals surface area (Å²) in [6.45, 7) is 1.33. The van der Waals surface area contributed by atoms with Gasteiger partial charge in [-0.05, 0) is 13.0 Å². The second-order valence-corrected chi connectivity index (χ2v) is 3.68. The van der Waals surface area contributed by atoms with Crippen molar-refractivity contribution in [3.63, 3.8) is 0 Å². The number of hydrogen-bond donors (Lipinski definition) is 0. The first-order valence-electron chi connectivity index (χ1n) is 5.68. The molecule has 7 nitrogen and oxygen atoms in total. The molecule has 20 heavy (non-hydrogen) atoms. The number of nitrogens with zero attached hydrogens (tertiary/aromatic N) is 1. The van der Waals surface area contributed by atoms with Crippen molar-refractivity contribution in [1.82, 2.24) is 0 Å². The number of ketones is 1. The summed E-state index contributed by atoms with van der Waals surface area (Å²) in [5, 5.41) is 10.4. The van der Waals surface area contributed by atoms with Crippen LogP contribution in [-0.2, 0) is 14.3 Å². The SMILES string of the molecule is CCOC(=O)CC(=O)COc1ccc([N+](=O)[O-])c(F)c1. The molecule has 0 heterocycles. The highest BCUT2D eigenvalue weighted by atomic mass is 19.1. The van der Waals surface area contributed by atoms with Gasteiger partial charge in [0, 0.05) is 12.1 Å². The fourth-order valence-corrected chi connectivity index (χ4v) is 1.31. The number of Topliss-reactive ketones (excluding diaryl/α,β-unsaturated/α-hetero) is 1. The van der Waals surface area contributed by atoms with Gasteiger partial charge in [0.25, 0.3) is 0 Å². The summed E-state index contributed by atoms with van der Waals surface area (Å²) >= 11 is 0. The van der Waals surface area contributed by atoms with E-state index in [0.717, 1.165) is 12.1 Å². The molecule has 0 spiro atoms. The quantitative estimate of drug-likeness (QED) is 0.327. The van der Waals surface area contributed by atoms with Gasteiger partial charge in [0.2, 0.25) is 5.82 Å². The highest BCUT2D eigenvalue weighted by Gasteiger charge is 2.15. The van der Waals surface area contributed by atoms with Gasteiger partial charge < -0.3 is 9.47 Å². The van der Waals surface area contributed by atoms with Crippen LogP contribution in [0.25, 0.3) is 0 Å². The van der Waals surface area contributed by atoms with Gasteiger partial charge in [0.1, 0.15) is 18.8 Å². The van der Waals surface area contributed by atoms with Gasteiger partial charge >= 0.3 is 11.7 Å². The van der Waals surface area contributed by atoms with E-state index in [0.29, 0.717) is 0 Å². The van der Waals surface area contributed by atoms with E-state index in [-0.39, 0.29) is 12.4 Å². The normalized spacial score (nSPS) is 9.90. The maximum Gasteiger partial charge on any atom is 0.313 e. The van der Waals surface area contributed by atoms with Gasteiger partial charge in [-0.25, -0.2) is 0 Å². The van der Waals surface area contributed by atoms with Gasteiger partial charge in [-0.2, -0.15) is 4.39 Å². The van der Waals surface area contributed by atoms with Gasteiger partial charge in [-0.3, -0.25) is 19.7 Å². The smallest absolute Gasteiger partial charge is 0.313 e. The summed E-state index contributed by atoms with van der Waals surface area (Å²) in [5.41, 5.74) is -0.685. The van der Waals surface area contributed by atoms with Crippen molar-refractivity contribution in [1.29, 1.82) is 0 Å². The highest BCUT2D eigenvalue weighted by molar-refractivity contribution is 5.96. The van der Waals surface area contributed by atoms with E-state index in [1.165, 1.54) is 6.07 Å². The molecule has 1 rings (SSSR count). The Kier molecular flexibility index (Phi) is 5.57. The molecular formula is C12H12FNO6. The number of nitro groups is 1. The molecule has 0 aliphatic carbocycles. The average molecular weight is 285 g/mol. The lowest BCUT2D eigenvalue weighted by atomic mass is 10.3. The number of hydrogen-bond acceptors (Lipinski definition) is 6. The minimum atomic E-state index is -1.06. The zero-order chi connectivity index (χ0) is 15.1. The molecule has 1 aromatic carbocycles. The molecule has 0 aliphatic rings. The summed E-state index contributed by atoms with van der Waals surface area (Å²) in [4.78, 5) is 31.9. The number of nitro benzene ring substituents is 1. The van der Waals surface area contributed by atoms with Crippen molar-refractivity contribution in [2.75, 3.05) is 13.2 Å². The van der Waals surface area contributed by atoms with E-state index in [4.69, 9.17) is 4.74 Å². The zero-order valence-electron chi connectivity index (χ0n) is 10.6. The Morgan fingerprint density at radius 2 is 2.10 bits per heavy atom. The third-order valence-corrected chi connectivity index (χ3v) is 2.16. The molecule has 0 aromatic heterocycles. The zero-order valence-corrected chi connectivity index (χ0v) is 10.6. The lowest BCUT2D eigenvalue weighted by molar-refractivity contribution is -0.387. The molecule has 0 aliphatic heterocycles. The Morgan fingerprint density at radius 3 is 2.65 bits per heavy atom. The first-order valence-corrected chi connectivity index (χ1v) is 5.68. The maximum atomic E-state index is 13.3. The van der Waals surface area contributed by atoms with Crippen molar-refractivity contribution in [3.05, 3.63) is 34.1 Å². The Bertz CT molecular complexity index is 531. The number of benzene rings is 1. The predicted octanol–water partition coefficient (Wildman–Crippen LogP) is 1.64. The number of carbonyl (C=O) groups excluding carboxylic acids is 2. The molecule has 8 heteroatoms. The van der Waals surface area contributed by atoms with Crippen LogP contribution in [0.5, 0.6) is 5.75 Å². The number of halogens is 1. The van der Waals surface area contributed by atoms with Crippen LogP contribution in [0.1, 0.15) is 13.3 Å². The van der Waals surface area contributed by atoms with Crippen molar-refractivity contribution >= 4 is 17.4 Å². The average Bonchev–Trinajstić information content (AvgIpc) is 2.36. The van der Waals surface area contributed by atoms with Crippen LogP contribution in [0.15, 0.2) is 18.2 Å². The standard InChI is InChI=1S/C12H12FNO6/c1-2-19-12(16)5-8(15)7-20-9-3-4-11(14(17)18)10(13)6-9/h3-4,6H,2,5,7H2,1H3. The molecule has 0 radical (unpaired) electrons. The van der Waals surface area contributed by atoms with Crippen LogP contribution in [0.2, 0.25) is 0 Å². The number of carbonyl (C=O) groups is 2. The van der Waals surface area contributed by atoms with Gasteiger partial charge in [-0.1, -0.05) is 0 Å². The van der Waals surface area contributed by atoms with Crippen LogP contribution in [-0.4, -0.2) is 29.9 Å². The first-order chi connectivity index (χ1) is 9.43. The molecule has 0 saturated heterocycles. The minimum absolute atomic E-state index is 0.0368. The summed E-state index contributed by atoms with van der Waals surface area (Å²) < 4.78 is 22.8. The van der Waals surface area contributed by atoms with Crippen molar-refractivity contribution in [2.45, 2.75) is 13.3 Å². The number of esters is 1. The van der Waals surface area contributed by atoms with Crippen LogP contribution in [0.3, 0.4) is 0 Å². The van der Waals surface area contributed by atoms with Gasteiger partial charge in [0.15, 0.2) is 5.78 Å². The van der Waals surface area contributed by atoms with E-state index < -0.39 is 41.2 Å². The van der Waals surface area contributed by atoms with Crippen molar-refractivity contribution in [3.8, 4) is 5.75 Å². The lowest BCUT2D eigenvalue weighted by Crippen LogP contribution is -2.17. The Labute approximate surface area is 113 Å². The summed E-state index contributed by atoms with van der Waals surface area (Å²) in [5.74, 6) is -2.31. The molecule has 0 unspecified atom stereocenters. The molecule has 0 fully saturated rings. The Hall–Kier alpha value is -2.51. The molecule has 108 valence electrons. The molecule has 0 atom stereocenters. The first kappa shape index (κ1) is 15.5. The van der Waals surface area contributed by atoms with Gasteiger partial charge in [-0.15, -0.1) is 0 Å². The monoisotopic (exact) mass is 285 g/mol. The molecular weight excluding hydrogens is 273 g/mol. The third-order valence-electron chi connectivity index (χ3n) is 2.16. The molecule has 0 amide bonds. The van der Waals surface area contributed by atoms with E-state index in [2.05, 4.69) is 4.74 Å². The van der Waals surface area contributed by atoms with Gasteiger partial charge in [0.05, 0.1) is 11.5 Å². The van der Waals surface area contributed by atoms with E-state index in [1.807, 2.05) is 0 Å². The van der Waals surface area contributed by atoms with Crippen molar-refractivity contribution < 1.29 is 28.4 Å². The summed E-state index contributed by atoms with van der Waals surface area (Å²) in [6, 6.07) is 2.90. The van der Waals surface area contributed by atoms with Crippen LogP contribution >= 0.6 is 0 Å². The van der Waals surface area contributed by atoms with Crippen LogP contribution in [0, 0.1) is 15.9 Å². The Morgan fingerprint density at radius 1 is 1.40 bits per heavy atom. The predicted molar refractivity (Wildman–Crippen MR) is 64.8 cm³/mol. The topological polar surface area (TPSA) is 95.7 Å². The lowest BCUT2D eigenvalue weighted by Gasteiger charge is -2.05. The second-order valence-electron chi connectivity index (χ2n) is 3.68. The molecule has 0 saturated carbocycles. The fraction of sp³-hybridized carbons (Fsp3) is 0.333. The number of ether oxygens (including phenoxy) is 2. The fourth-order valence-electron chi connectivity index (χ4n) is 1.31. The third kappa shape index (κ3) is 4.63. The van der Waals surface area contributed by atoms with Crippen LogP contribution < -0.4 is 4.74 Å².